The first-order valence-electron chi connectivity index (χ1n) is 15.5. The van der Waals surface area contributed by atoms with Crippen LogP contribution in [0, 0.1) is 11.8 Å². The highest BCUT2D eigenvalue weighted by Gasteiger charge is 2.66. The van der Waals surface area contributed by atoms with Crippen molar-refractivity contribution in [2.75, 3.05) is 23.8 Å². The number of carboxylic acids is 1. The van der Waals surface area contributed by atoms with Crippen LogP contribution in [0.2, 0.25) is 5.02 Å². The minimum Gasteiger partial charge on any atom is -0.479 e. The van der Waals surface area contributed by atoms with Crippen molar-refractivity contribution < 1.29 is 37.4 Å². The van der Waals surface area contributed by atoms with Crippen molar-refractivity contribution in [3.05, 3.63) is 64.7 Å². The quantitative estimate of drug-likeness (QED) is 0.134. The Labute approximate surface area is 278 Å². The molecule has 2 unspecified atom stereocenters. The summed E-state index contributed by atoms with van der Waals surface area (Å²) in [5, 5.41) is 21.7. The number of alkyl halides is 3. The maximum atomic E-state index is 12.9. The highest BCUT2D eigenvalue weighted by Crippen LogP contribution is 2.57. The second-order valence-electron chi connectivity index (χ2n) is 12.4. The number of carbonyl (C=O) groups is 3. The lowest BCUT2D eigenvalue weighted by Crippen LogP contribution is -2.45. The molecule has 1 aromatic heterocycles. The molecule has 48 heavy (non-hydrogen) atoms. The molecule has 0 saturated heterocycles. The predicted molar refractivity (Wildman–Crippen MR) is 168 cm³/mol. The molecule has 254 valence electrons. The molecule has 12 nitrogen and oxygen atoms in total. The summed E-state index contributed by atoms with van der Waals surface area (Å²) < 4.78 is 43.5. The summed E-state index contributed by atoms with van der Waals surface area (Å²) in [7, 11) is 0. The first kappa shape index (κ1) is 33.2. The van der Waals surface area contributed by atoms with Crippen LogP contribution in [-0.4, -0.2) is 62.7 Å². The van der Waals surface area contributed by atoms with Crippen LogP contribution in [0.4, 0.5) is 30.8 Å². The standard InChI is InChI=1S/C32H33ClF3N7O5/c33-21-9-7-20(8-10-21)30(13-14-30)43-28-39-27(40-29(41-28)48-17-32(34,35)36)38-22-11-5-19(6-12-22)25(45)37-15-1-2-24(44)42-31(26(46)47)16-23(31)18-3-4-18/h5-12,18,23H,1-4,13-17H2,(H,37,45)(H,42,44)(H,46,47)(H2,38,39,40,41,43). The van der Waals surface area contributed by atoms with Crippen molar-refractivity contribution in [1.29, 1.82) is 0 Å². The van der Waals surface area contributed by atoms with Gasteiger partial charge in [0.1, 0.15) is 5.54 Å². The van der Waals surface area contributed by atoms with Gasteiger partial charge in [0.05, 0.1) is 5.54 Å². The van der Waals surface area contributed by atoms with E-state index in [-0.39, 0.29) is 42.6 Å². The Bertz CT molecular complexity index is 1680. The topological polar surface area (TPSA) is 167 Å². The molecule has 2 atom stereocenters. The Kier molecular flexibility index (Phi) is 9.07. The van der Waals surface area contributed by atoms with Gasteiger partial charge in [-0.15, -0.1) is 0 Å². The number of ether oxygens (including phenoxy) is 1. The molecule has 3 aliphatic carbocycles. The molecule has 16 heteroatoms. The summed E-state index contributed by atoms with van der Waals surface area (Å²) in [6.45, 7) is -1.38. The van der Waals surface area contributed by atoms with E-state index >= 15 is 0 Å². The number of aromatic nitrogens is 3. The molecule has 0 aliphatic heterocycles. The number of halogens is 4. The SMILES string of the molecule is O=C(CCCNC(=O)c1ccc(Nc2nc(NC3(c4ccc(Cl)cc4)CC3)nc(OCC(F)(F)F)n2)cc1)NC1(C(=O)O)CC1C1CC1. The van der Waals surface area contributed by atoms with Crippen LogP contribution in [0.5, 0.6) is 6.01 Å². The lowest BCUT2D eigenvalue weighted by Gasteiger charge is -2.19. The third-order valence-electron chi connectivity index (χ3n) is 8.70. The molecule has 0 spiro atoms. The van der Waals surface area contributed by atoms with E-state index < -0.39 is 35.8 Å². The number of hydrogen-bond donors (Lipinski definition) is 5. The summed E-state index contributed by atoms with van der Waals surface area (Å²) in [4.78, 5) is 49.1. The molecule has 3 aromatic rings. The van der Waals surface area contributed by atoms with Gasteiger partial charge >= 0.3 is 18.2 Å². The Balaban J connectivity index is 1.03. The maximum absolute atomic E-state index is 12.9. The van der Waals surface area contributed by atoms with Gasteiger partial charge in [0.25, 0.3) is 5.91 Å². The molecule has 3 aliphatic rings. The Morgan fingerprint density at radius 3 is 2.29 bits per heavy atom. The number of hydrogen-bond acceptors (Lipinski definition) is 9. The molecule has 3 fully saturated rings. The van der Waals surface area contributed by atoms with Crippen LogP contribution < -0.4 is 26.0 Å². The van der Waals surface area contributed by atoms with Gasteiger partial charge in [-0.25, -0.2) is 4.79 Å². The maximum Gasteiger partial charge on any atom is 0.422 e. The van der Waals surface area contributed by atoms with Gasteiger partial charge in [-0.05, 0) is 92.3 Å². The summed E-state index contributed by atoms with van der Waals surface area (Å²) in [6.07, 6.45) is -0.247. The first-order valence-corrected chi connectivity index (χ1v) is 15.9. The molecule has 5 N–H and O–H groups in total. The van der Waals surface area contributed by atoms with Crippen molar-refractivity contribution in [1.82, 2.24) is 25.6 Å². The predicted octanol–water partition coefficient (Wildman–Crippen LogP) is 5.19. The third-order valence-corrected chi connectivity index (χ3v) is 8.95. The van der Waals surface area contributed by atoms with Crippen LogP contribution in [0.15, 0.2) is 48.5 Å². The number of amides is 2. The Morgan fingerprint density at radius 2 is 1.67 bits per heavy atom. The lowest BCUT2D eigenvalue weighted by atomic mass is 10.1. The molecule has 1 heterocycles. The van der Waals surface area contributed by atoms with E-state index in [1.54, 1.807) is 24.3 Å². The van der Waals surface area contributed by atoms with Crippen molar-refractivity contribution >= 4 is 47.0 Å². The summed E-state index contributed by atoms with van der Waals surface area (Å²) in [5.41, 5.74) is 0.0261. The van der Waals surface area contributed by atoms with Crippen LogP contribution in [0.25, 0.3) is 0 Å². The molecule has 0 radical (unpaired) electrons. The smallest absolute Gasteiger partial charge is 0.422 e. The fraction of sp³-hybridized carbons (Fsp3) is 0.438. The summed E-state index contributed by atoms with van der Waals surface area (Å²) in [5.74, 6) is -1.42. The van der Waals surface area contributed by atoms with Gasteiger partial charge in [-0.3, -0.25) is 9.59 Å². The molecule has 2 aromatic carbocycles. The minimum atomic E-state index is -4.60. The highest BCUT2D eigenvalue weighted by molar-refractivity contribution is 6.30. The number of benzene rings is 2. The van der Waals surface area contributed by atoms with Crippen molar-refractivity contribution in [2.45, 2.75) is 62.2 Å². The minimum absolute atomic E-state index is 0.000295. The molecule has 2 amide bonds. The average molecular weight is 688 g/mol. The number of carboxylic acid groups (broad SMARTS) is 1. The van der Waals surface area contributed by atoms with E-state index in [9.17, 15) is 32.7 Å². The van der Waals surface area contributed by atoms with E-state index in [2.05, 4.69) is 36.2 Å². The van der Waals surface area contributed by atoms with Gasteiger partial charge < -0.3 is 31.1 Å². The van der Waals surface area contributed by atoms with Crippen LogP contribution >= 0.6 is 11.6 Å². The van der Waals surface area contributed by atoms with E-state index in [0.29, 0.717) is 35.0 Å². The van der Waals surface area contributed by atoms with Crippen LogP contribution in [0.3, 0.4) is 0 Å². The number of nitrogens with zero attached hydrogens (tertiary/aromatic N) is 3. The molecular weight excluding hydrogens is 655 g/mol. The number of carbonyl (C=O) groups excluding carboxylic acids is 2. The third kappa shape index (κ3) is 8.06. The van der Waals surface area contributed by atoms with E-state index in [4.69, 9.17) is 16.3 Å². The van der Waals surface area contributed by atoms with Gasteiger partial charge in [0, 0.05) is 29.2 Å². The van der Waals surface area contributed by atoms with Crippen LogP contribution in [0.1, 0.15) is 60.9 Å². The van der Waals surface area contributed by atoms with Gasteiger partial charge in [-0.2, -0.15) is 28.1 Å². The molecular formula is C32H33ClF3N7O5. The fourth-order valence-corrected chi connectivity index (χ4v) is 5.90. The Morgan fingerprint density at radius 1 is 0.979 bits per heavy atom. The fourth-order valence-electron chi connectivity index (χ4n) is 5.77. The largest absolute Gasteiger partial charge is 0.479 e. The number of rotatable bonds is 15. The Hall–Kier alpha value is -4.66. The number of aliphatic carboxylic acids is 1. The zero-order valence-electron chi connectivity index (χ0n) is 25.6. The summed E-state index contributed by atoms with van der Waals surface area (Å²) in [6, 6.07) is 12.9. The average Bonchev–Trinajstić information content (AvgIpc) is 3.91. The van der Waals surface area contributed by atoms with E-state index in [0.717, 1.165) is 31.2 Å². The number of nitrogens with one attached hydrogen (secondary N) is 4. The normalized spacial score (nSPS) is 20.7. The first-order chi connectivity index (χ1) is 22.8. The van der Waals surface area contributed by atoms with Crippen molar-refractivity contribution in [2.24, 2.45) is 11.8 Å². The van der Waals surface area contributed by atoms with E-state index in [1.807, 2.05) is 12.1 Å². The van der Waals surface area contributed by atoms with E-state index in [1.165, 1.54) is 12.1 Å². The summed E-state index contributed by atoms with van der Waals surface area (Å²) >= 11 is 6.02. The van der Waals surface area contributed by atoms with Gasteiger partial charge in [-0.1, -0.05) is 23.7 Å². The molecule has 6 rings (SSSR count). The second kappa shape index (κ2) is 13.1. The highest BCUT2D eigenvalue weighted by atomic mass is 35.5. The van der Waals surface area contributed by atoms with Gasteiger partial charge in [0.15, 0.2) is 6.61 Å². The monoisotopic (exact) mass is 687 g/mol. The molecule has 3 saturated carbocycles. The number of anilines is 3. The molecule has 0 bridgehead atoms. The van der Waals surface area contributed by atoms with Crippen molar-refractivity contribution in [3.8, 4) is 6.01 Å². The van der Waals surface area contributed by atoms with Gasteiger partial charge in [0.2, 0.25) is 17.8 Å². The zero-order chi connectivity index (χ0) is 34.1. The lowest BCUT2D eigenvalue weighted by molar-refractivity contribution is -0.154. The van der Waals surface area contributed by atoms with Crippen molar-refractivity contribution in [3.63, 3.8) is 0 Å². The second-order valence-corrected chi connectivity index (χ2v) is 12.9. The van der Waals surface area contributed by atoms with Crippen LogP contribution in [-0.2, 0) is 15.1 Å². The zero-order valence-corrected chi connectivity index (χ0v) is 26.3.